The van der Waals surface area contributed by atoms with Crippen molar-refractivity contribution in [3.63, 3.8) is 0 Å². The molecule has 0 amide bonds. The van der Waals surface area contributed by atoms with Gasteiger partial charge in [0.1, 0.15) is 11.9 Å². The predicted molar refractivity (Wildman–Crippen MR) is 120 cm³/mol. The highest BCUT2D eigenvalue weighted by Crippen LogP contribution is 2.30. The van der Waals surface area contributed by atoms with Crippen molar-refractivity contribution in [1.82, 2.24) is 4.57 Å². The lowest BCUT2D eigenvalue weighted by Gasteiger charge is -2.18. The van der Waals surface area contributed by atoms with E-state index in [9.17, 15) is 13.2 Å². The van der Waals surface area contributed by atoms with E-state index in [0.29, 0.717) is 24.4 Å². The first-order valence-electron chi connectivity index (χ1n) is 10.3. The number of methoxy groups -OCH3 is 2. The first kappa shape index (κ1) is 21.9. The molecule has 1 aliphatic heterocycles. The van der Waals surface area contributed by atoms with Gasteiger partial charge in [-0.25, -0.2) is 17.8 Å². The quantitative estimate of drug-likeness (QED) is 0.420. The summed E-state index contributed by atoms with van der Waals surface area (Å²) in [6.07, 6.45) is 4.31. The molecule has 9 heteroatoms. The second-order valence-corrected chi connectivity index (χ2v) is 9.65. The Bertz CT molecular complexity index is 1240. The molecular weight excluding hydrogens is 430 g/mol. The Hall–Kier alpha value is -3.33. The number of rotatable bonds is 6. The minimum atomic E-state index is -3.28. The Morgan fingerprint density at radius 2 is 1.88 bits per heavy atom. The molecule has 2 heterocycles. The number of nitrogens with zero attached hydrogens (tertiary/aromatic N) is 3. The first-order chi connectivity index (χ1) is 15.4. The maximum atomic E-state index is 12.6. The number of hydrogen-bond donors (Lipinski definition) is 0. The molecule has 3 aromatic rings. The summed E-state index contributed by atoms with van der Waals surface area (Å²) in [6.45, 7) is 2.37. The number of aryl methyl sites for hydroxylation is 1. The summed E-state index contributed by atoms with van der Waals surface area (Å²) in [4.78, 5) is 12.6. The van der Waals surface area contributed by atoms with Crippen LogP contribution in [-0.2, 0) is 19.6 Å². The smallest absolute Gasteiger partial charge is 0.356 e. The molecule has 0 saturated carbocycles. The molecular formula is C23H26N3O5S+. The summed E-state index contributed by atoms with van der Waals surface area (Å²) in [5, 5.41) is 0. The Labute approximate surface area is 187 Å². The number of ether oxygens (including phenoxy) is 2. The molecule has 0 N–H and O–H groups in total. The van der Waals surface area contributed by atoms with Crippen LogP contribution in [0.15, 0.2) is 61.1 Å². The third kappa shape index (κ3) is 3.95. The number of carbonyl (C=O) groups excluding carboxylic acids is 1. The molecule has 1 aliphatic rings. The third-order valence-corrected chi connectivity index (χ3v) is 7.50. The summed E-state index contributed by atoms with van der Waals surface area (Å²) in [5.41, 5.74) is 2.97. The molecule has 32 heavy (non-hydrogen) atoms. The fourth-order valence-corrected chi connectivity index (χ4v) is 5.61. The van der Waals surface area contributed by atoms with E-state index in [0.717, 1.165) is 16.9 Å². The summed E-state index contributed by atoms with van der Waals surface area (Å²) < 4.78 is 40.4. The normalized spacial score (nSPS) is 16.0. The van der Waals surface area contributed by atoms with Gasteiger partial charge >= 0.3 is 5.97 Å². The Kier molecular flexibility index (Phi) is 5.92. The van der Waals surface area contributed by atoms with Gasteiger partial charge in [0.2, 0.25) is 22.4 Å². The zero-order valence-corrected chi connectivity index (χ0v) is 19.1. The van der Waals surface area contributed by atoms with E-state index in [1.807, 2.05) is 65.0 Å². The molecule has 0 aliphatic carbocycles. The zero-order chi connectivity index (χ0) is 22.9. The van der Waals surface area contributed by atoms with Crippen molar-refractivity contribution in [2.75, 3.05) is 30.8 Å². The highest BCUT2D eigenvalue weighted by atomic mass is 32.2. The van der Waals surface area contributed by atoms with Gasteiger partial charge in [-0.2, -0.15) is 4.57 Å². The van der Waals surface area contributed by atoms with Gasteiger partial charge in [0.25, 0.3) is 0 Å². The Morgan fingerprint density at radius 1 is 1.12 bits per heavy atom. The van der Waals surface area contributed by atoms with Crippen LogP contribution in [0.5, 0.6) is 5.75 Å². The van der Waals surface area contributed by atoms with Crippen LogP contribution in [-0.4, -0.2) is 45.5 Å². The second kappa shape index (κ2) is 8.66. The Morgan fingerprint density at radius 3 is 2.50 bits per heavy atom. The summed E-state index contributed by atoms with van der Waals surface area (Å²) >= 11 is 0. The highest BCUT2D eigenvalue weighted by molar-refractivity contribution is 7.93. The van der Waals surface area contributed by atoms with E-state index in [-0.39, 0.29) is 11.7 Å². The van der Waals surface area contributed by atoms with E-state index in [4.69, 9.17) is 9.47 Å². The lowest BCUT2D eigenvalue weighted by molar-refractivity contribution is -0.595. The molecule has 1 aromatic heterocycles. The van der Waals surface area contributed by atoms with Crippen LogP contribution in [0, 0.1) is 6.92 Å². The molecule has 1 fully saturated rings. The van der Waals surface area contributed by atoms with Crippen molar-refractivity contribution < 1.29 is 27.3 Å². The number of hydrogen-bond acceptors (Lipinski definition) is 5. The van der Waals surface area contributed by atoms with Gasteiger partial charge in [-0.3, -0.25) is 4.31 Å². The van der Waals surface area contributed by atoms with Gasteiger partial charge in [0.15, 0.2) is 11.4 Å². The number of carbonyl (C=O) groups is 1. The maximum Gasteiger partial charge on any atom is 0.356 e. The number of anilines is 1. The molecule has 1 atom stereocenters. The standard InChI is InChI=1S/C23H26N3O5S/c1-17-15-24(16-25(17)22(23(27)31-3)18-8-5-4-6-9-18)20-11-10-19(14-21(20)30-2)26-12-7-13-32(26,28)29/h4-6,8-11,14-16,22H,7,12-13H2,1-3H3/q+1. The lowest BCUT2D eigenvalue weighted by atomic mass is 10.1. The molecule has 0 spiro atoms. The van der Waals surface area contributed by atoms with Crippen molar-refractivity contribution in [2.24, 2.45) is 0 Å². The van der Waals surface area contributed by atoms with Gasteiger partial charge < -0.3 is 9.47 Å². The number of sulfonamides is 1. The third-order valence-electron chi connectivity index (χ3n) is 5.63. The van der Waals surface area contributed by atoms with Gasteiger partial charge in [-0.15, -0.1) is 0 Å². The fourth-order valence-electron chi connectivity index (χ4n) is 4.05. The monoisotopic (exact) mass is 456 g/mol. The zero-order valence-electron chi connectivity index (χ0n) is 18.3. The maximum absolute atomic E-state index is 12.6. The average Bonchev–Trinajstić information content (AvgIpc) is 3.35. The van der Waals surface area contributed by atoms with Crippen LogP contribution >= 0.6 is 0 Å². The van der Waals surface area contributed by atoms with E-state index in [2.05, 4.69) is 0 Å². The van der Waals surface area contributed by atoms with Crippen molar-refractivity contribution in [3.8, 4) is 11.4 Å². The lowest BCUT2D eigenvalue weighted by Crippen LogP contribution is -2.30. The number of imidazole rings is 1. The number of aromatic nitrogens is 2. The molecule has 8 nitrogen and oxygen atoms in total. The van der Waals surface area contributed by atoms with Crippen LogP contribution in [0.4, 0.5) is 5.69 Å². The molecule has 2 aromatic carbocycles. The van der Waals surface area contributed by atoms with Crippen molar-refractivity contribution in [1.29, 1.82) is 0 Å². The molecule has 168 valence electrons. The molecule has 0 radical (unpaired) electrons. The van der Waals surface area contributed by atoms with Gasteiger partial charge in [-0.05, 0) is 18.6 Å². The minimum Gasteiger partial charge on any atom is -0.492 e. The van der Waals surface area contributed by atoms with E-state index < -0.39 is 16.1 Å². The summed E-state index contributed by atoms with van der Waals surface area (Å²) in [7, 11) is -0.361. The number of esters is 1. The van der Waals surface area contributed by atoms with Crippen molar-refractivity contribution >= 4 is 21.7 Å². The van der Waals surface area contributed by atoms with E-state index in [1.54, 1.807) is 19.2 Å². The minimum absolute atomic E-state index is 0.155. The van der Waals surface area contributed by atoms with Crippen molar-refractivity contribution in [3.05, 3.63) is 72.3 Å². The number of benzene rings is 2. The van der Waals surface area contributed by atoms with Crippen molar-refractivity contribution in [2.45, 2.75) is 19.4 Å². The molecule has 1 unspecified atom stereocenters. The fraction of sp³-hybridized carbons (Fsp3) is 0.304. The van der Waals surface area contributed by atoms with Crippen LogP contribution < -0.4 is 13.6 Å². The largest absolute Gasteiger partial charge is 0.492 e. The summed E-state index contributed by atoms with van der Waals surface area (Å²) in [6, 6.07) is 14.1. The SMILES string of the molecule is COC(=O)C(c1ccccc1)n1c[n+](-c2ccc(N3CCCS3(=O)=O)cc2OC)cc1C. The molecule has 1 saturated heterocycles. The molecule has 0 bridgehead atoms. The van der Waals surface area contributed by atoms with E-state index in [1.165, 1.54) is 11.4 Å². The van der Waals surface area contributed by atoms with Crippen LogP contribution in [0.25, 0.3) is 5.69 Å². The molecule has 4 rings (SSSR count). The Balaban J connectivity index is 1.75. The van der Waals surface area contributed by atoms with Gasteiger partial charge in [0, 0.05) is 25.1 Å². The van der Waals surface area contributed by atoms with Gasteiger partial charge in [0.05, 0.1) is 25.7 Å². The predicted octanol–water partition coefficient (Wildman–Crippen LogP) is 2.38. The summed E-state index contributed by atoms with van der Waals surface area (Å²) in [5.74, 6) is 0.312. The van der Waals surface area contributed by atoms with Crippen LogP contribution in [0.1, 0.15) is 23.7 Å². The van der Waals surface area contributed by atoms with Crippen LogP contribution in [0.3, 0.4) is 0 Å². The van der Waals surface area contributed by atoms with Crippen LogP contribution in [0.2, 0.25) is 0 Å². The second-order valence-electron chi connectivity index (χ2n) is 7.63. The highest BCUT2D eigenvalue weighted by Gasteiger charge is 2.32. The van der Waals surface area contributed by atoms with E-state index >= 15 is 0 Å². The first-order valence-corrected chi connectivity index (χ1v) is 11.9. The van der Waals surface area contributed by atoms with Gasteiger partial charge in [-0.1, -0.05) is 30.3 Å². The average molecular weight is 457 g/mol. The topological polar surface area (TPSA) is 81.7 Å².